The lowest BCUT2D eigenvalue weighted by Crippen LogP contribution is -2.39. The van der Waals surface area contributed by atoms with Crippen LogP contribution in [-0.4, -0.2) is 30.2 Å². The minimum absolute atomic E-state index is 0.241. The second-order valence-electron chi connectivity index (χ2n) is 6.25. The van der Waals surface area contributed by atoms with E-state index in [1.807, 2.05) is 58.7 Å². The van der Waals surface area contributed by atoms with E-state index in [2.05, 4.69) is 25.8 Å². The number of aryl methyl sites for hydroxylation is 1. The Morgan fingerprint density at radius 3 is 2.71 bits per heavy atom. The van der Waals surface area contributed by atoms with Crippen LogP contribution < -0.4 is 10.6 Å². The number of urea groups is 1. The van der Waals surface area contributed by atoms with Crippen LogP contribution >= 0.6 is 11.6 Å². The molecular weight excluding hydrogens is 378 g/mol. The number of imidazole rings is 1. The smallest absolute Gasteiger partial charge is 0.316 e. The number of amides is 2. The Labute approximate surface area is 166 Å². The predicted octanol–water partition coefficient (Wildman–Crippen LogP) is 2.71. The topological polar surface area (TPSA) is 89.1 Å². The van der Waals surface area contributed by atoms with Gasteiger partial charge in [0.2, 0.25) is 0 Å². The fraction of sp³-hybridized carbons (Fsp3) is 0.158. The van der Waals surface area contributed by atoms with Crippen LogP contribution in [-0.2, 0) is 13.6 Å². The first-order valence-corrected chi connectivity index (χ1v) is 9.05. The van der Waals surface area contributed by atoms with Gasteiger partial charge in [-0.1, -0.05) is 29.8 Å². The van der Waals surface area contributed by atoms with Gasteiger partial charge in [0.15, 0.2) is 11.5 Å². The quantitative estimate of drug-likeness (QED) is 0.543. The summed E-state index contributed by atoms with van der Waals surface area (Å²) in [6.45, 7) is 0.241. The normalized spacial score (nSPS) is 12.1. The Hall–Kier alpha value is -3.39. The van der Waals surface area contributed by atoms with Crippen LogP contribution in [0.2, 0.25) is 5.02 Å². The summed E-state index contributed by atoms with van der Waals surface area (Å²) < 4.78 is 3.70. The largest absolute Gasteiger partial charge is 0.336 e. The van der Waals surface area contributed by atoms with Gasteiger partial charge in [0.05, 0.1) is 6.54 Å². The fourth-order valence-electron chi connectivity index (χ4n) is 2.96. The monoisotopic (exact) mass is 395 g/mol. The van der Waals surface area contributed by atoms with Gasteiger partial charge in [0.1, 0.15) is 11.9 Å². The maximum atomic E-state index is 12.6. The molecule has 1 atom stereocenters. The minimum atomic E-state index is -0.424. The van der Waals surface area contributed by atoms with Crippen molar-refractivity contribution in [3.63, 3.8) is 0 Å². The Kier molecular flexibility index (Phi) is 4.94. The van der Waals surface area contributed by atoms with Crippen molar-refractivity contribution in [2.45, 2.75) is 12.6 Å². The first-order chi connectivity index (χ1) is 13.6. The van der Waals surface area contributed by atoms with E-state index in [1.54, 1.807) is 18.3 Å². The Morgan fingerprint density at radius 2 is 1.96 bits per heavy atom. The molecule has 0 aliphatic heterocycles. The molecule has 3 heterocycles. The van der Waals surface area contributed by atoms with Crippen molar-refractivity contribution in [2.24, 2.45) is 7.05 Å². The number of rotatable bonds is 5. The zero-order valence-corrected chi connectivity index (χ0v) is 15.8. The summed E-state index contributed by atoms with van der Waals surface area (Å²) in [5.74, 6) is 1.36. The molecule has 0 saturated carbocycles. The number of benzene rings is 1. The van der Waals surface area contributed by atoms with Crippen molar-refractivity contribution in [3.05, 3.63) is 83.3 Å². The number of hydrogen-bond acceptors (Lipinski definition) is 4. The molecule has 142 valence electrons. The number of halogens is 1. The average Bonchev–Trinajstić information content (AvgIpc) is 3.31. The molecule has 9 heteroatoms. The number of nitrogens with zero attached hydrogens (tertiary/aromatic N) is 5. The van der Waals surface area contributed by atoms with Gasteiger partial charge in [-0.05, 0) is 29.8 Å². The molecule has 0 spiro atoms. The van der Waals surface area contributed by atoms with E-state index in [9.17, 15) is 4.79 Å². The molecule has 2 N–H and O–H groups in total. The molecule has 0 saturated heterocycles. The molecular formula is C19H18ClN7O. The van der Waals surface area contributed by atoms with E-state index >= 15 is 0 Å². The van der Waals surface area contributed by atoms with Crippen LogP contribution in [0.5, 0.6) is 0 Å². The second-order valence-corrected chi connectivity index (χ2v) is 6.69. The molecule has 4 rings (SSSR count). The van der Waals surface area contributed by atoms with E-state index < -0.39 is 6.04 Å². The first-order valence-electron chi connectivity index (χ1n) is 8.67. The summed E-state index contributed by atoms with van der Waals surface area (Å²) in [4.78, 5) is 17.0. The van der Waals surface area contributed by atoms with E-state index in [1.165, 1.54) is 0 Å². The van der Waals surface area contributed by atoms with Gasteiger partial charge in [-0.2, -0.15) is 0 Å². The maximum absolute atomic E-state index is 12.6. The number of fused-ring (bicyclic) bond motifs is 1. The lowest BCUT2D eigenvalue weighted by molar-refractivity contribution is 0.237. The third-order valence-electron chi connectivity index (χ3n) is 4.39. The SMILES string of the molecule is Cn1ccnc1[C@@H](NC(=O)NCc1nnc2ccccn12)c1ccc(Cl)cc1. The summed E-state index contributed by atoms with van der Waals surface area (Å²) in [5, 5.41) is 14.6. The second kappa shape index (κ2) is 7.69. The molecule has 0 fully saturated rings. The van der Waals surface area contributed by atoms with Gasteiger partial charge < -0.3 is 15.2 Å². The molecule has 0 bridgehead atoms. The van der Waals surface area contributed by atoms with E-state index in [0.29, 0.717) is 16.7 Å². The Morgan fingerprint density at radius 1 is 1.14 bits per heavy atom. The van der Waals surface area contributed by atoms with E-state index in [-0.39, 0.29) is 12.6 Å². The van der Waals surface area contributed by atoms with Crippen molar-refractivity contribution < 1.29 is 4.79 Å². The lowest BCUT2D eigenvalue weighted by atomic mass is 10.1. The Balaban J connectivity index is 1.51. The zero-order chi connectivity index (χ0) is 19.5. The summed E-state index contributed by atoms with van der Waals surface area (Å²) in [6.07, 6.45) is 5.38. The van der Waals surface area contributed by atoms with Gasteiger partial charge in [-0.3, -0.25) is 4.40 Å². The molecule has 8 nitrogen and oxygen atoms in total. The lowest BCUT2D eigenvalue weighted by Gasteiger charge is -2.19. The third kappa shape index (κ3) is 3.67. The highest BCUT2D eigenvalue weighted by molar-refractivity contribution is 6.30. The highest BCUT2D eigenvalue weighted by Gasteiger charge is 2.21. The number of carbonyl (C=O) groups excluding carboxylic acids is 1. The summed E-state index contributed by atoms with van der Waals surface area (Å²) >= 11 is 6.00. The average molecular weight is 396 g/mol. The van der Waals surface area contributed by atoms with Crippen LogP contribution in [0.4, 0.5) is 4.79 Å². The zero-order valence-electron chi connectivity index (χ0n) is 15.1. The molecule has 28 heavy (non-hydrogen) atoms. The molecule has 0 aliphatic carbocycles. The number of nitrogens with one attached hydrogen (secondary N) is 2. The van der Waals surface area contributed by atoms with Gasteiger partial charge in [-0.25, -0.2) is 9.78 Å². The molecule has 0 unspecified atom stereocenters. The van der Waals surface area contributed by atoms with Gasteiger partial charge in [-0.15, -0.1) is 10.2 Å². The van der Waals surface area contributed by atoms with Crippen molar-refractivity contribution in [2.75, 3.05) is 0 Å². The Bertz CT molecular complexity index is 1100. The van der Waals surface area contributed by atoms with Crippen LogP contribution in [0.15, 0.2) is 61.1 Å². The summed E-state index contributed by atoms with van der Waals surface area (Å²) in [5.41, 5.74) is 1.61. The number of aromatic nitrogens is 5. The van der Waals surface area contributed by atoms with Crippen LogP contribution in [0.1, 0.15) is 23.3 Å². The van der Waals surface area contributed by atoms with Gasteiger partial charge in [0.25, 0.3) is 0 Å². The highest BCUT2D eigenvalue weighted by atomic mass is 35.5. The number of hydrogen-bond donors (Lipinski definition) is 2. The standard InChI is InChI=1S/C19H18ClN7O/c1-26-11-9-21-18(26)17(13-5-7-14(20)8-6-13)23-19(28)22-12-16-25-24-15-4-2-3-10-27(15)16/h2-11,17H,12H2,1H3,(H2,22,23,28)/t17-/m0/s1. The molecule has 1 aromatic carbocycles. The van der Waals surface area contributed by atoms with E-state index in [0.717, 1.165) is 11.2 Å². The van der Waals surface area contributed by atoms with Crippen molar-refractivity contribution >= 4 is 23.3 Å². The van der Waals surface area contributed by atoms with Gasteiger partial charge in [0, 0.05) is 30.7 Å². The van der Waals surface area contributed by atoms with E-state index in [4.69, 9.17) is 11.6 Å². The molecule has 0 radical (unpaired) electrons. The highest BCUT2D eigenvalue weighted by Crippen LogP contribution is 2.22. The predicted molar refractivity (Wildman–Crippen MR) is 105 cm³/mol. The molecule has 3 aromatic heterocycles. The van der Waals surface area contributed by atoms with Crippen molar-refractivity contribution in [1.82, 2.24) is 34.8 Å². The first kappa shape index (κ1) is 18.0. The number of carbonyl (C=O) groups is 1. The molecule has 4 aromatic rings. The minimum Gasteiger partial charge on any atom is -0.336 e. The summed E-state index contributed by atoms with van der Waals surface area (Å²) in [7, 11) is 1.88. The third-order valence-corrected chi connectivity index (χ3v) is 4.64. The number of pyridine rings is 1. The van der Waals surface area contributed by atoms with Crippen LogP contribution in [0, 0.1) is 0 Å². The summed E-state index contributed by atoms with van der Waals surface area (Å²) in [6, 6.07) is 12.2. The molecule has 0 aliphatic rings. The van der Waals surface area contributed by atoms with Crippen LogP contribution in [0.25, 0.3) is 5.65 Å². The van der Waals surface area contributed by atoms with Crippen molar-refractivity contribution in [3.8, 4) is 0 Å². The van der Waals surface area contributed by atoms with Crippen LogP contribution in [0.3, 0.4) is 0 Å². The van der Waals surface area contributed by atoms with Gasteiger partial charge >= 0.3 is 6.03 Å². The van der Waals surface area contributed by atoms with Crippen molar-refractivity contribution in [1.29, 1.82) is 0 Å². The molecule has 2 amide bonds. The maximum Gasteiger partial charge on any atom is 0.316 e. The fourth-order valence-corrected chi connectivity index (χ4v) is 3.09.